The van der Waals surface area contributed by atoms with Gasteiger partial charge < -0.3 is 14.5 Å². The van der Waals surface area contributed by atoms with Gasteiger partial charge in [0.25, 0.3) is 0 Å². The first-order chi connectivity index (χ1) is 23.7. The molecule has 230 valence electrons. The molecule has 9 rings (SSSR count). The zero-order valence-electron chi connectivity index (χ0n) is 26.6. The summed E-state index contributed by atoms with van der Waals surface area (Å²) in [6, 6.07) is 58.7. The van der Waals surface area contributed by atoms with E-state index in [4.69, 9.17) is 9.72 Å². The Balaban J connectivity index is 1.09. The largest absolute Gasteiger partial charge is 0.457 e. The van der Waals surface area contributed by atoms with Crippen LogP contribution in [-0.2, 0) is 0 Å². The zero-order valence-corrected chi connectivity index (χ0v) is 27.6. The summed E-state index contributed by atoms with van der Waals surface area (Å²) in [5.41, 5.74) is 8.10. The Labute approximate surface area is 282 Å². The van der Waals surface area contributed by atoms with Crippen LogP contribution in [0.5, 0.6) is 11.5 Å². The molecule has 0 unspecified atom stereocenters. The quantitative estimate of drug-likeness (QED) is 0.175. The van der Waals surface area contributed by atoms with Crippen LogP contribution in [0.4, 0.5) is 22.7 Å². The van der Waals surface area contributed by atoms with Crippen molar-refractivity contribution in [2.24, 2.45) is 0 Å². The van der Waals surface area contributed by atoms with E-state index in [9.17, 15) is 0 Å². The van der Waals surface area contributed by atoms with Crippen molar-refractivity contribution in [1.82, 2.24) is 4.98 Å². The summed E-state index contributed by atoms with van der Waals surface area (Å²) >= 11 is 0. The van der Waals surface area contributed by atoms with Gasteiger partial charge in [-0.25, -0.2) is 0 Å². The Morgan fingerprint density at radius 3 is 1.90 bits per heavy atom. The number of fused-ring (bicyclic) bond motifs is 4. The second-order valence-corrected chi connectivity index (χ2v) is 16.2. The van der Waals surface area contributed by atoms with E-state index in [1.165, 1.54) is 43.4 Å². The standard InChI is InChI=1S/C43H33N3OSi/c1-31-21-23-32(24-22-31)45-30-46(40-19-9-8-18-39(40)45)33-12-10-13-34(28-33)47-35-25-26-41-38(29-35)43-42(20-11-27-44-43)48(41,36-14-4-2-5-15-36)37-16-6-3-7-17-37/h2-29H,30H2,1H3. The van der Waals surface area contributed by atoms with Crippen molar-refractivity contribution in [3.63, 3.8) is 0 Å². The molecule has 0 saturated carbocycles. The number of pyridine rings is 1. The van der Waals surface area contributed by atoms with E-state index < -0.39 is 8.07 Å². The van der Waals surface area contributed by atoms with E-state index >= 15 is 0 Å². The third kappa shape index (κ3) is 4.47. The molecule has 2 aliphatic rings. The van der Waals surface area contributed by atoms with Crippen LogP contribution in [0.15, 0.2) is 170 Å². The molecule has 0 radical (unpaired) electrons. The molecule has 3 heterocycles. The van der Waals surface area contributed by atoms with Gasteiger partial charge >= 0.3 is 0 Å². The number of hydrogen-bond acceptors (Lipinski definition) is 4. The molecule has 0 atom stereocenters. The van der Waals surface area contributed by atoms with Crippen molar-refractivity contribution in [3.05, 3.63) is 176 Å². The molecule has 5 heteroatoms. The van der Waals surface area contributed by atoms with Crippen molar-refractivity contribution < 1.29 is 4.74 Å². The smallest absolute Gasteiger partial charge is 0.182 e. The Morgan fingerprint density at radius 2 is 1.19 bits per heavy atom. The monoisotopic (exact) mass is 635 g/mol. The molecule has 0 fully saturated rings. The summed E-state index contributed by atoms with van der Waals surface area (Å²) in [4.78, 5) is 9.70. The lowest BCUT2D eigenvalue weighted by atomic mass is 10.1. The van der Waals surface area contributed by atoms with Gasteiger partial charge in [0.1, 0.15) is 18.2 Å². The highest BCUT2D eigenvalue weighted by molar-refractivity contribution is 7.22. The maximum atomic E-state index is 6.66. The van der Waals surface area contributed by atoms with Gasteiger partial charge in [0.05, 0.1) is 17.1 Å². The third-order valence-electron chi connectivity index (χ3n) is 9.73. The highest BCUT2D eigenvalue weighted by Gasteiger charge is 2.49. The van der Waals surface area contributed by atoms with Crippen LogP contribution < -0.4 is 35.3 Å². The molecule has 4 nitrogen and oxygen atoms in total. The summed E-state index contributed by atoms with van der Waals surface area (Å²) in [6.07, 6.45) is 1.91. The second kappa shape index (κ2) is 11.4. The SMILES string of the molecule is Cc1ccc(N2CN(c3cccc(Oc4ccc5c(c4)-c4ncccc4[Si]5(c4ccccc4)c4ccccc4)c3)c3ccccc32)cc1. The van der Waals surface area contributed by atoms with Crippen LogP contribution in [0, 0.1) is 6.92 Å². The average Bonchev–Trinajstić information content (AvgIpc) is 3.67. The fraction of sp³-hybridized carbons (Fsp3) is 0.0465. The Hall–Kier alpha value is -5.91. The number of anilines is 4. The van der Waals surface area contributed by atoms with Crippen molar-refractivity contribution >= 4 is 51.6 Å². The maximum Gasteiger partial charge on any atom is 0.182 e. The van der Waals surface area contributed by atoms with Gasteiger partial charge in [0.2, 0.25) is 0 Å². The zero-order chi connectivity index (χ0) is 32.1. The molecule has 0 saturated heterocycles. The molecule has 1 aromatic heterocycles. The van der Waals surface area contributed by atoms with Crippen LogP contribution >= 0.6 is 0 Å². The molecule has 2 aliphatic heterocycles. The summed E-state index contributed by atoms with van der Waals surface area (Å²) in [5.74, 6) is 1.60. The van der Waals surface area contributed by atoms with E-state index in [-0.39, 0.29) is 0 Å². The lowest BCUT2D eigenvalue weighted by molar-refractivity contribution is 0.483. The van der Waals surface area contributed by atoms with E-state index in [0.717, 1.165) is 35.1 Å². The van der Waals surface area contributed by atoms with Crippen molar-refractivity contribution in [3.8, 4) is 22.8 Å². The van der Waals surface area contributed by atoms with Crippen LogP contribution in [-0.4, -0.2) is 19.7 Å². The highest BCUT2D eigenvalue weighted by Crippen LogP contribution is 2.44. The molecule has 48 heavy (non-hydrogen) atoms. The summed E-state index contributed by atoms with van der Waals surface area (Å²) in [7, 11) is -2.57. The minimum atomic E-state index is -2.57. The number of hydrogen-bond donors (Lipinski definition) is 0. The summed E-state index contributed by atoms with van der Waals surface area (Å²) in [5, 5.41) is 5.38. The molecule has 0 N–H and O–H groups in total. The number of ether oxygens (including phenoxy) is 1. The number of para-hydroxylation sites is 2. The average molecular weight is 636 g/mol. The minimum Gasteiger partial charge on any atom is -0.457 e. The molecule has 0 spiro atoms. The van der Waals surface area contributed by atoms with Crippen molar-refractivity contribution in [2.75, 3.05) is 16.5 Å². The van der Waals surface area contributed by atoms with E-state index in [1.807, 2.05) is 12.3 Å². The van der Waals surface area contributed by atoms with Crippen molar-refractivity contribution in [2.45, 2.75) is 6.92 Å². The predicted molar refractivity (Wildman–Crippen MR) is 200 cm³/mol. The van der Waals surface area contributed by atoms with E-state index in [2.05, 4.69) is 174 Å². The van der Waals surface area contributed by atoms with Crippen LogP contribution in [0.25, 0.3) is 11.3 Å². The molecule has 6 aromatic carbocycles. The second-order valence-electron chi connectivity index (χ2n) is 12.5. The van der Waals surface area contributed by atoms with Gasteiger partial charge in [-0.05, 0) is 82.3 Å². The number of aryl methyl sites for hydroxylation is 1. The van der Waals surface area contributed by atoms with E-state index in [0.29, 0.717) is 0 Å². The van der Waals surface area contributed by atoms with Gasteiger partial charge in [-0.2, -0.15) is 0 Å². The normalized spacial score (nSPS) is 13.9. The first-order valence-electron chi connectivity index (χ1n) is 16.4. The summed E-state index contributed by atoms with van der Waals surface area (Å²) < 4.78 is 6.66. The van der Waals surface area contributed by atoms with Gasteiger partial charge in [-0.1, -0.05) is 109 Å². The van der Waals surface area contributed by atoms with Gasteiger partial charge in [-0.3, -0.25) is 4.98 Å². The third-order valence-corrected chi connectivity index (χ3v) is 14.6. The van der Waals surface area contributed by atoms with E-state index in [1.54, 1.807) is 0 Å². The maximum absolute atomic E-state index is 6.66. The summed E-state index contributed by atoms with van der Waals surface area (Å²) in [6.45, 7) is 2.85. The van der Waals surface area contributed by atoms with Crippen LogP contribution in [0.3, 0.4) is 0 Å². The van der Waals surface area contributed by atoms with Gasteiger partial charge in [-0.15, -0.1) is 0 Å². The lowest BCUT2D eigenvalue weighted by Gasteiger charge is -2.31. The Morgan fingerprint density at radius 1 is 0.542 bits per heavy atom. The molecule has 0 aliphatic carbocycles. The topological polar surface area (TPSA) is 28.6 Å². The lowest BCUT2D eigenvalue weighted by Crippen LogP contribution is -2.72. The number of benzene rings is 6. The van der Waals surface area contributed by atoms with Crippen molar-refractivity contribution in [1.29, 1.82) is 0 Å². The molecule has 7 aromatic rings. The van der Waals surface area contributed by atoms with Crippen LogP contribution in [0.1, 0.15) is 5.56 Å². The molecule has 0 amide bonds. The number of aromatic nitrogens is 1. The van der Waals surface area contributed by atoms with Gasteiger partial charge in [0, 0.05) is 29.2 Å². The molecular weight excluding hydrogens is 603 g/mol. The Bertz CT molecular complexity index is 2230. The first-order valence-corrected chi connectivity index (χ1v) is 18.4. The first kappa shape index (κ1) is 28.3. The Kier molecular flexibility index (Phi) is 6.73. The fourth-order valence-electron chi connectivity index (χ4n) is 7.57. The predicted octanol–water partition coefficient (Wildman–Crippen LogP) is 7.79. The minimum absolute atomic E-state index is 0.721. The molecular formula is C43H33N3OSi. The number of nitrogens with zero attached hydrogens (tertiary/aromatic N) is 3. The van der Waals surface area contributed by atoms with Crippen LogP contribution in [0.2, 0.25) is 0 Å². The highest BCUT2D eigenvalue weighted by atomic mass is 28.3. The van der Waals surface area contributed by atoms with Gasteiger partial charge in [0.15, 0.2) is 8.07 Å². The molecule has 0 bridgehead atoms. The number of rotatable bonds is 6. The fourth-order valence-corrected chi connectivity index (χ4v) is 12.7.